The summed E-state index contributed by atoms with van der Waals surface area (Å²) in [7, 11) is 0. The number of benzene rings is 1. The van der Waals surface area contributed by atoms with E-state index in [2.05, 4.69) is 0 Å². The average Bonchev–Trinajstić information content (AvgIpc) is 2.37. The van der Waals surface area contributed by atoms with Crippen molar-refractivity contribution in [3.05, 3.63) is 23.8 Å². The number of rotatable bonds is 6. The summed E-state index contributed by atoms with van der Waals surface area (Å²) in [4.78, 5) is 21.7. The van der Waals surface area contributed by atoms with E-state index in [4.69, 9.17) is 15.6 Å². The summed E-state index contributed by atoms with van der Waals surface area (Å²) in [5.74, 6) is -3.00. The number of aliphatic carboxylic acids is 1. The van der Waals surface area contributed by atoms with Gasteiger partial charge in [-0.1, -0.05) is 6.07 Å². The predicted octanol–water partition coefficient (Wildman–Crippen LogP) is 0.968. The molecule has 0 bridgehead atoms. The fraction of sp³-hybridized carbons (Fsp3) is 0.385. The van der Waals surface area contributed by atoms with E-state index in [0.29, 0.717) is 5.56 Å². The van der Waals surface area contributed by atoms with Crippen molar-refractivity contribution in [2.45, 2.75) is 25.3 Å². The van der Waals surface area contributed by atoms with Crippen molar-refractivity contribution in [1.29, 1.82) is 0 Å². The number of carbonyl (C=O) groups excluding carboxylic acids is 1. The summed E-state index contributed by atoms with van der Waals surface area (Å²) < 4.78 is 4.78. The molecule has 0 heterocycles. The molecule has 1 aromatic rings. The number of phenolic OH excluding ortho intramolecular Hbond substituents is 2. The molecule has 0 fully saturated rings. The monoisotopic (exact) mass is 319 g/mol. The Hall–Kier alpha value is -1.99. The minimum atomic E-state index is -1.21. The van der Waals surface area contributed by atoms with Gasteiger partial charge in [0.2, 0.25) is 0 Å². The number of carboxylic acid groups (broad SMARTS) is 1. The van der Waals surface area contributed by atoms with Crippen LogP contribution in [0.2, 0.25) is 0 Å². The van der Waals surface area contributed by atoms with E-state index in [1.165, 1.54) is 25.1 Å². The minimum absolute atomic E-state index is 0. The van der Waals surface area contributed by atoms with Gasteiger partial charge in [0.25, 0.3) is 0 Å². The number of carbonyl (C=O) groups is 2. The summed E-state index contributed by atoms with van der Waals surface area (Å²) in [6.45, 7) is 1.27. The molecule has 1 aromatic carbocycles. The molecule has 0 aromatic heterocycles. The lowest BCUT2D eigenvalue weighted by Crippen LogP contribution is -2.37. The number of nitrogens with two attached hydrogens (primary N) is 1. The Kier molecular flexibility index (Phi) is 7.54. The molecule has 0 aliphatic carbocycles. The number of hydrogen-bond donors (Lipinski definition) is 4. The SMILES string of the molecule is CC(=O)OCCC(c1ccc(O)c(O)c1)[C@H](N)C(=O)O.Cl. The van der Waals surface area contributed by atoms with E-state index in [-0.39, 0.29) is 36.9 Å². The first-order valence-electron chi connectivity index (χ1n) is 5.96. The quantitative estimate of drug-likeness (QED) is 0.454. The highest BCUT2D eigenvalue weighted by Gasteiger charge is 2.26. The lowest BCUT2D eigenvalue weighted by atomic mass is 9.89. The standard InChI is InChI=1S/C13H17NO6.ClH/c1-7(15)20-5-4-9(12(14)13(18)19)8-2-3-10(16)11(17)6-8;/h2-3,6,9,12,16-17H,4-5,14H2,1H3,(H,18,19);1H/t9?,12-;/m0./s1. The lowest BCUT2D eigenvalue weighted by molar-refractivity contribution is -0.141. The van der Waals surface area contributed by atoms with Gasteiger partial charge in [0.05, 0.1) is 6.61 Å². The molecular weight excluding hydrogens is 302 g/mol. The van der Waals surface area contributed by atoms with Gasteiger partial charge in [0, 0.05) is 12.8 Å². The summed E-state index contributed by atoms with van der Waals surface area (Å²) in [5.41, 5.74) is 6.06. The van der Waals surface area contributed by atoms with Crippen LogP contribution in [0.1, 0.15) is 24.8 Å². The normalized spacial score (nSPS) is 12.9. The van der Waals surface area contributed by atoms with E-state index >= 15 is 0 Å². The molecule has 0 aliphatic rings. The Morgan fingerprint density at radius 2 is 1.90 bits per heavy atom. The Morgan fingerprint density at radius 1 is 1.29 bits per heavy atom. The Morgan fingerprint density at radius 3 is 2.38 bits per heavy atom. The smallest absolute Gasteiger partial charge is 0.321 e. The molecule has 118 valence electrons. The highest BCUT2D eigenvalue weighted by molar-refractivity contribution is 5.85. The van der Waals surface area contributed by atoms with Gasteiger partial charge in [-0.15, -0.1) is 12.4 Å². The van der Waals surface area contributed by atoms with Gasteiger partial charge >= 0.3 is 11.9 Å². The fourth-order valence-corrected chi connectivity index (χ4v) is 1.83. The minimum Gasteiger partial charge on any atom is -0.504 e. The molecule has 0 radical (unpaired) electrons. The number of esters is 1. The zero-order valence-electron chi connectivity index (χ0n) is 11.4. The number of phenols is 2. The maximum Gasteiger partial charge on any atom is 0.321 e. The first kappa shape index (κ1) is 19.0. The first-order chi connectivity index (χ1) is 9.32. The summed E-state index contributed by atoms with van der Waals surface area (Å²) in [6.07, 6.45) is 0.192. The Bertz CT molecular complexity index is 507. The van der Waals surface area contributed by atoms with E-state index in [9.17, 15) is 19.8 Å². The van der Waals surface area contributed by atoms with Crippen molar-refractivity contribution >= 4 is 24.3 Å². The maximum absolute atomic E-state index is 11.0. The van der Waals surface area contributed by atoms with Gasteiger partial charge in [-0.05, 0) is 24.1 Å². The number of halogens is 1. The van der Waals surface area contributed by atoms with Gasteiger partial charge in [-0.25, -0.2) is 0 Å². The summed E-state index contributed by atoms with van der Waals surface area (Å²) >= 11 is 0. The Balaban J connectivity index is 0.00000400. The van der Waals surface area contributed by atoms with Crippen LogP contribution in [0.5, 0.6) is 11.5 Å². The van der Waals surface area contributed by atoms with Crippen LogP contribution in [0.15, 0.2) is 18.2 Å². The average molecular weight is 320 g/mol. The predicted molar refractivity (Wildman–Crippen MR) is 76.6 cm³/mol. The number of hydrogen-bond acceptors (Lipinski definition) is 6. The second-order valence-electron chi connectivity index (χ2n) is 4.35. The molecule has 2 atom stereocenters. The third-order valence-electron chi connectivity index (χ3n) is 2.88. The second-order valence-corrected chi connectivity index (χ2v) is 4.35. The van der Waals surface area contributed by atoms with E-state index in [1.54, 1.807) is 0 Å². The van der Waals surface area contributed by atoms with E-state index in [1.807, 2.05) is 0 Å². The molecule has 7 nitrogen and oxygen atoms in total. The largest absolute Gasteiger partial charge is 0.504 e. The fourth-order valence-electron chi connectivity index (χ4n) is 1.83. The molecule has 1 unspecified atom stereocenters. The molecular formula is C13H18ClNO6. The molecule has 5 N–H and O–H groups in total. The van der Waals surface area contributed by atoms with Crippen LogP contribution in [-0.4, -0.2) is 39.9 Å². The Labute approximate surface area is 127 Å². The molecule has 0 spiro atoms. The molecule has 1 rings (SSSR count). The number of aromatic hydroxyl groups is 2. The summed E-state index contributed by atoms with van der Waals surface area (Å²) in [5, 5.41) is 27.7. The van der Waals surface area contributed by atoms with Crippen LogP contribution >= 0.6 is 12.4 Å². The van der Waals surface area contributed by atoms with Crippen molar-refractivity contribution < 1.29 is 29.6 Å². The van der Waals surface area contributed by atoms with Crippen LogP contribution in [0.3, 0.4) is 0 Å². The molecule has 0 aliphatic heterocycles. The lowest BCUT2D eigenvalue weighted by Gasteiger charge is -2.21. The second kappa shape index (κ2) is 8.33. The first-order valence-corrected chi connectivity index (χ1v) is 5.96. The molecule has 8 heteroatoms. The van der Waals surface area contributed by atoms with Crippen molar-refractivity contribution in [2.24, 2.45) is 5.73 Å². The third kappa shape index (κ3) is 5.49. The van der Waals surface area contributed by atoms with Crippen LogP contribution in [0.25, 0.3) is 0 Å². The van der Waals surface area contributed by atoms with Gasteiger partial charge < -0.3 is 25.8 Å². The van der Waals surface area contributed by atoms with Gasteiger partial charge in [-0.3, -0.25) is 9.59 Å². The zero-order chi connectivity index (χ0) is 15.3. The van der Waals surface area contributed by atoms with Gasteiger partial charge in [-0.2, -0.15) is 0 Å². The molecule has 0 amide bonds. The van der Waals surface area contributed by atoms with Crippen LogP contribution in [0, 0.1) is 0 Å². The highest BCUT2D eigenvalue weighted by atomic mass is 35.5. The van der Waals surface area contributed by atoms with Crippen LogP contribution < -0.4 is 5.73 Å². The highest BCUT2D eigenvalue weighted by Crippen LogP contribution is 2.31. The van der Waals surface area contributed by atoms with E-state index < -0.39 is 23.9 Å². The third-order valence-corrected chi connectivity index (χ3v) is 2.88. The van der Waals surface area contributed by atoms with Gasteiger partial charge in [0.1, 0.15) is 6.04 Å². The van der Waals surface area contributed by atoms with Gasteiger partial charge in [0.15, 0.2) is 11.5 Å². The van der Waals surface area contributed by atoms with Crippen LogP contribution in [0.4, 0.5) is 0 Å². The van der Waals surface area contributed by atoms with Crippen molar-refractivity contribution in [3.63, 3.8) is 0 Å². The number of ether oxygens (including phenoxy) is 1. The molecule has 21 heavy (non-hydrogen) atoms. The van der Waals surface area contributed by atoms with Crippen molar-refractivity contribution in [1.82, 2.24) is 0 Å². The van der Waals surface area contributed by atoms with Crippen molar-refractivity contribution in [3.8, 4) is 11.5 Å². The summed E-state index contributed by atoms with van der Waals surface area (Å²) in [6, 6.07) is 2.75. The van der Waals surface area contributed by atoms with Crippen molar-refractivity contribution in [2.75, 3.05) is 6.61 Å². The molecule has 0 saturated carbocycles. The molecule has 0 saturated heterocycles. The van der Waals surface area contributed by atoms with E-state index in [0.717, 1.165) is 0 Å². The maximum atomic E-state index is 11.0. The topological polar surface area (TPSA) is 130 Å². The zero-order valence-corrected chi connectivity index (χ0v) is 12.2. The van der Waals surface area contributed by atoms with Crippen LogP contribution in [-0.2, 0) is 14.3 Å². The number of carboxylic acids is 1.